The number of allylic oxidation sites excluding steroid dienone is 1. The Morgan fingerprint density at radius 1 is 1.26 bits per heavy atom. The van der Waals surface area contributed by atoms with Gasteiger partial charge in [0.25, 0.3) is 0 Å². The number of methoxy groups -OCH3 is 2. The van der Waals surface area contributed by atoms with Crippen molar-refractivity contribution in [3.8, 4) is 0 Å². The Kier molecular flexibility index (Phi) is 7.08. The lowest BCUT2D eigenvalue weighted by Gasteiger charge is -2.38. The van der Waals surface area contributed by atoms with Crippen LogP contribution in [0.15, 0.2) is 23.8 Å². The molecular weight excluding hydrogens is 356 g/mol. The van der Waals surface area contributed by atoms with Gasteiger partial charge in [-0.05, 0) is 32.8 Å². The third-order valence-electron chi connectivity index (χ3n) is 4.39. The minimum absolute atomic E-state index is 0.0838. The van der Waals surface area contributed by atoms with Crippen molar-refractivity contribution in [1.82, 2.24) is 0 Å². The van der Waals surface area contributed by atoms with Gasteiger partial charge in [-0.1, -0.05) is 6.08 Å². The van der Waals surface area contributed by atoms with Crippen LogP contribution < -0.4 is 0 Å². The van der Waals surface area contributed by atoms with Crippen LogP contribution in [0, 0.1) is 10.8 Å². The molecule has 2 atom stereocenters. The molecule has 0 fully saturated rings. The van der Waals surface area contributed by atoms with E-state index in [2.05, 4.69) is 11.3 Å². The van der Waals surface area contributed by atoms with Gasteiger partial charge in [-0.3, -0.25) is 14.4 Å². The highest BCUT2D eigenvalue weighted by atomic mass is 16.5. The number of esters is 3. The Hall–Kier alpha value is -2.48. The molecule has 150 valence electrons. The van der Waals surface area contributed by atoms with Gasteiger partial charge in [-0.2, -0.15) is 0 Å². The summed E-state index contributed by atoms with van der Waals surface area (Å²) >= 11 is 0. The summed E-state index contributed by atoms with van der Waals surface area (Å²) in [6.07, 6.45) is -0.657. The van der Waals surface area contributed by atoms with Gasteiger partial charge in [0.05, 0.1) is 25.7 Å². The molecule has 2 unspecified atom stereocenters. The normalized spacial score (nSPS) is 22.9. The highest BCUT2D eigenvalue weighted by molar-refractivity contribution is 6.26. The van der Waals surface area contributed by atoms with Crippen molar-refractivity contribution in [2.45, 2.75) is 39.7 Å². The van der Waals surface area contributed by atoms with Crippen LogP contribution in [0.1, 0.15) is 33.6 Å². The topological polar surface area (TPSA) is 116 Å². The molecule has 0 aromatic rings. The number of ether oxygens (including phenoxy) is 3. The van der Waals surface area contributed by atoms with Crippen molar-refractivity contribution in [2.75, 3.05) is 20.8 Å². The SMILES string of the molecule is C=CCC1(C(=O)OC)C(=O)C(C(=O)OC)=C(COC(=O)C(C)(C)C)CC1O. The molecule has 1 aliphatic carbocycles. The summed E-state index contributed by atoms with van der Waals surface area (Å²) in [5.41, 5.74) is -3.13. The third kappa shape index (κ3) is 4.27. The first-order valence-corrected chi connectivity index (χ1v) is 8.37. The Balaban J connectivity index is 3.43. The maximum atomic E-state index is 13.1. The fraction of sp³-hybridized carbons (Fsp3) is 0.579. The van der Waals surface area contributed by atoms with Crippen LogP contribution in [0.25, 0.3) is 0 Å². The number of rotatable bonds is 6. The zero-order valence-corrected chi connectivity index (χ0v) is 16.3. The summed E-state index contributed by atoms with van der Waals surface area (Å²) in [6.45, 7) is 8.08. The van der Waals surface area contributed by atoms with Crippen LogP contribution in [0.2, 0.25) is 0 Å². The Morgan fingerprint density at radius 2 is 1.85 bits per heavy atom. The lowest BCUT2D eigenvalue weighted by atomic mass is 9.66. The van der Waals surface area contributed by atoms with Crippen LogP contribution >= 0.6 is 0 Å². The van der Waals surface area contributed by atoms with Crippen LogP contribution in [-0.4, -0.2) is 55.7 Å². The monoisotopic (exact) mass is 382 g/mol. The molecule has 0 heterocycles. The first-order valence-electron chi connectivity index (χ1n) is 8.37. The lowest BCUT2D eigenvalue weighted by molar-refractivity contribution is -0.167. The molecule has 27 heavy (non-hydrogen) atoms. The second-order valence-corrected chi connectivity index (χ2v) is 7.30. The fourth-order valence-electron chi connectivity index (χ4n) is 2.83. The molecule has 0 aliphatic heterocycles. The summed E-state index contributed by atoms with van der Waals surface area (Å²) < 4.78 is 14.5. The Labute approximate surface area is 158 Å². The molecule has 0 aromatic heterocycles. The number of aliphatic hydroxyl groups excluding tert-OH is 1. The van der Waals surface area contributed by atoms with Gasteiger partial charge < -0.3 is 19.3 Å². The molecule has 8 nitrogen and oxygen atoms in total. The van der Waals surface area contributed by atoms with E-state index in [1.807, 2.05) is 0 Å². The second-order valence-electron chi connectivity index (χ2n) is 7.30. The van der Waals surface area contributed by atoms with Crippen molar-refractivity contribution >= 4 is 23.7 Å². The van der Waals surface area contributed by atoms with E-state index in [1.165, 1.54) is 6.08 Å². The molecule has 8 heteroatoms. The highest BCUT2D eigenvalue weighted by Gasteiger charge is 2.57. The lowest BCUT2D eigenvalue weighted by Crippen LogP contribution is -2.54. The van der Waals surface area contributed by atoms with Crippen molar-refractivity contribution in [3.05, 3.63) is 23.8 Å². The zero-order valence-electron chi connectivity index (χ0n) is 16.3. The van der Waals surface area contributed by atoms with Crippen LogP contribution in [-0.2, 0) is 33.4 Å². The number of carbonyl (C=O) groups excluding carboxylic acids is 4. The standard InChI is InChI=1S/C19H26O8/c1-7-8-19(17(24)26-6)12(20)9-11(10-27-16(23)18(2,3)4)13(14(19)21)15(22)25-5/h7,12,20H,1,8-10H2,2-6H3. The van der Waals surface area contributed by atoms with Crippen molar-refractivity contribution < 1.29 is 38.5 Å². The molecule has 0 saturated heterocycles. The molecular formula is C19H26O8. The summed E-state index contributed by atoms with van der Waals surface area (Å²) in [5, 5.41) is 10.6. The van der Waals surface area contributed by atoms with E-state index in [1.54, 1.807) is 20.8 Å². The molecule has 0 spiro atoms. The average molecular weight is 382 g/mol. The van der Waals surface area contributed by atoms with Gasteiger partial charge in [0.1, 0.15) is 12.2 Å². The fourth-order valence-corrected chi connectivity index (χ4v) is 2.83. The van der Waals surface area contributed by atoms with E-state index in [0.29, 0.717) is 0 Å². The van der Waals surface area contributed by atoms with E-state index in [-0.39, 0.29) is 25.0 Å². The Bertz CT molecular complexity index is 682. The van der Waals surface area contributed by atoms with Crippen molar-refractivity contribution in [3.63, 3.8) is 0 Å². The maximum Gasteiger partial charge on any atom is 0.341 e. The first kappa shape index (κ1) is 22.6. The van der Waals surface area contributed by atoms with Gasteiger partial charge in [0.2, 0.25) is 0 Å². The minimum atomic E-state index is -2.00. The largest absolute Gasteiger partial charge is 0.468 e. The summed E-state index contributed by atoms with van der Waals surface area (Å²) in [7, 11) is 2.16. The van der Waals surface area contributed by atoms with E-state index in [9.17, 15) is 24.3 Å². The van der Waals surface area contributed by atoms with E-state index in [0.717, 1.165) is 14.2 Å². The quantitative estimate of drug-likeness (QED) is 0.239. The summed E-state index contributed by atoms with van der Waals surface area (Å²) in [4.78, 5) is 49.7. The molecule has 0 aromatic carbocycles. The average Bonchev–Trinajstić information content (AvgIpc) is 2.60. The number of Topliss-reactive ketones (excluding diaryl/α,β-unsaturated/α-hetero) is 1. The molecule has 1 rings (SSSR count). The van der Waals surface area contributed by atoms with Gasteiger partial charge in [0, 0.05) is 6.42 Å². The summed E-state index contributed by atoms with van der Waals surface area (Å²) in [5.74, 6) is -3.45. The van der Waals surface area contributed by atoms with Crippen molar-refractivity contribution in [2.24, 2.45) is 10.8 Å². The third-order valence-corrected chi connectivity index (χ3v) is 4.39. The van der Waals surface area contributed by atoms with E-state index >= 15 is 0 Å². The molecule has 1 N–H and O–H groups in total. The number of hydrogen-bond donors (Lipinski definition) is 1. The van der Waals surface area contributed by atoms with Gasteiger partial charge >= 0.3 is 17.9 Å². The predicted octanol–water partition coefficient (Wildman–Crippen LogP) is 1.11. The Morgan fingerprint density at radius 3 is 2.30 bits per heavy atom. The smallest absolute Gasteiger partial charge is 0.341 e. The minimum Gasteiger partial charge on any atom is -0.468 e. The number of hydrogen-bond acceptors (Lipinski definition) is 8. The molecule has 0 bridgehead atoms. The van der Waals surface area contributed by atoms with Gasteiger partial charge in [0.15, 0.2) is 11.2 Å². The molecule has 0 saturated carbocycles. The molecule has 1 aliphatic rings. The van der Waals surface area contributed by atoms with Crippen LogP contribution in [0.3, 0.4) is 0 Å². The number of ketones is 1. The number of carbonyl (C=O) groups is 4. The van der Waals surface area contributed by atoms with Gasteiger partial charge in [-0.25, -0.2) is 4.79 Å². The zero-order chi connectivity index (χ0) is 21.0. The predicted molar refractivity (Wildman–Crippen MR) is 94.3 cm³/mol. The number of aliphatic hydroxyl groups is 1. The highest BCUT2D eigenvalue weighted by Crippen LogP contribution is 2.41. The maximum absolute atomic E-state index is 13.1. The van der Waals surface area contributed by atoms with Gasteiger partial charge in [-0.15, -0.1) is 6.58 Å². The summed E-state index contributed by atoms with van der Waals surface area (Å²) in [6, 6.07) is 0. The molecule has 0 radical (unpaired) electrons. The van der Waals surface area contributed by atoms with Crippen LogP contribution in [0.5, 0.6) is 0 Å². The second kappa shape index (κ2) is 8.47. The molecule has 0 amide bonds. The van der Waals surface area contributed by atoms with E-state index in [4.69, 9.17) is 9.47 Å². The first-order chi connectivity index (χ1) is 12.5. The van der Waals surface area contributed by atoms with E-state index < -0.39 is 46.2 Å². The van der Waals surface area contributed by atoms with Crippen LogP contribution in [0.4, 0.5) is 0 Å². The van der Waals surface area contributed by atoms with Crippen molar-refractivity contribution in [1.29, 1.82) is 0 Å².